The zero-order valence-electron chi connectivity index (χ0n) is 10.8. The molecule has 3 rings (SSSR count). The van der Waals surface area contributed by atoms with Crippen molar-refractivity contribution < 1.29 is 4.74 Å². The molecule has 0 saturated heterocycles. The van der Waals surface area contributed by atoms with Crippen molar-refractivity contribution in [3.05, 3.63) is 52.8 Å². The number of nitrogens with one attached hydrogen (secondary N) is 1. The van der Waals surface area contributed by atoms with Crippen molar-refractivity contribution in [3.63, 3.8) is 0 Å². The topological polar surface area (TPSA) is 37.4 Å². The van der Waals surface area contributed by atoms with Crippen LogP contribution in [0.2, 0.25) is 5.15 Å². The number of anilines is 1. The minimum absolute atomic E-state index is 0.141. The molecular formula is C14H13ClIN3O. The quantitative estimate of drug-likeness (QED) is 0.368. The maximum Gasteiger partial charge on any atom is 0.136 e. The van der Waals surface area contributed by atoms with Crippen LogP contribution in [-0.2, 0) is 6.54 Å². The average molecular weight is 402 g/mol. The average Bonchev–Trinajstić information content (AvgIpc) is 2.77. The fourth-order valence-corrected chi connectivity index (χ4v) is 3.62. The normalized spacial score (nSPS) is 17.1. The van der Waals surface area contributed by atoms with E-state index >= 15 is 0 Å². The number of hydrogen-bond donors (Lipinski definition) is 1. The number of hydrazine groups is 1. The number of halogens is 2. The summed E-state index contributed by atoms with van der Waals surface area (Å²) < 4.78 is 5.31. The molecular weight excluding hydrogens is 389 g/mol. The van der Waals surface area contributed by atoms with E-state index in [9.17, 15) is 0 Å². The summed E-state index contributed by atoms with van der Waals surface area (Å²) in [5.41, 5.74) is 6.73. The first kappa shape index (κ1) is 13.9. The summed E-state index contributed by atoms with van der Waals surface area (Å²) >= 11 is 8.49. The first-order chi connectivity index (χ1) is 9.69. The van der Waals surface area contributed by atoms with E-state index < -0.39 is 0 Å². The fraction of sp³-hybridized carbons (Fsp3) is 0.214. The van der Waals surface area contributed by atoms with Crippen LogP contribution in [0.15, 0.2) is 36.5 Å². The highest BCUT2D eigenvalue weighted by atomic mass is 127. The second kappa shape index (κ2) is 5.75. The summed E-state index contributed by atoms with van der Waals surface area (Å²) in [6, 6.07) is 10.0. The van der Waals surface area contributed by atoms with Gasteiger partial charge < -0.3 is 9.75 Å². The fourth-order valence-electron chi connectivity index (χ4n) is 2.22. The first-order valence-corrected chi connectivity index (χ1v) is 7.76. The lowest BCUT2D eigenvalue weighted by atomic mass is 10.2. The van der Waals surface area contributed by atoms with E-state index in [0.717, 1.165) is 23.5 Å². The number of aromatic nitrogens is 1. The minimum Gasteiger partial charge on any atom is -0.497 e. The van der Waals surface area contributed by atoms with Gasteiger partial charge >= 0.3 is 0 Å². The molecule has 1 aromatic carbocycles. The molecule has 0 radical (unpaired) electrons. The van der Waals surface area contributed by atoms with Crippen molar-refractivity contribution in [2.45, 2.75) is 10.6 Å². The summed E-state index contributed by atoms with van der Waals surface area (Å²) in [5, 5.41) is 2.66. The van der Waals surface area contributed by atoms with Crippen LogP contribution < -0.4 is 15.2 Å². The zero-order valence-corrected chi connectivity index (χ0v) is 13.7. The van der Waals surface area contributed by atoms with Gasteiger partial charge in [-0.3, -0.25) is 0 Å². The maximum absolute atomic E-state index is 6.17. The Labute approximate surface area is 136 Å². The SMILES string of the molecule is COc1ccc(CN2NC(I)c3c2ccnc3Cl)cc1. The van der Waals surface area contributed by atoms with Crippen LogP contribution in [-0.4, -0.2) is 12.1 Å². The molecule has 2 heterocycles. The van der Waals surface area contributed by atoms with Crippen molar-refractivity contribution in [3.8, 4) is 5.75 Å². The Morgan fingerprint density at radius 2 is 2.10 bits per heavy atom. The van der Waals surface area contributed by atoms with E-state index in [-0.39, 0.29) is 4.05 Å². The molecule has 4 nitrogen and oxygen atoms in total. The van der Waals surface area contributed by atoms with E-state index in [4.69, 9.17) is 16.3 Å². The van der Waals surface area contributed by atoms with Gasteiger partial charge in [0.15, 0.2) is 0 Å². The largest absolute Gasteiger partial charge is 0.497 e. The van der Waals surface area contributed by atoms with Gasteiger partial charge in [0.2, 0.25) is 0 Å². The summed E-state index contributed by atoms with van der Waals surface area (Å²) in [7, 11) is 1.67. The van der Waals surface area contributed by atoms with Crippen molar-refractivity contribution in [2.75, 3.05) is 12.1 Å². The van der Waals surface area contributed by atoms with Gasteiger partial charge in [-0.1, -0.05) is 46.3 Å². The Bertz CT molecular complexity index is 620. The highest BCUT2D eigenvalue weighted by Gasteiger charge is 2.28. The highest BCUT2D eigenvalue weighted by molar-refractivity contribution is 14.1. The van der Waals surface area contributed by atoms with E-state index in [1.54, 1.807) is 13.3 Å². The third kappa shape index (κ3) is 2.57. The number of nitrogens with zero attached hydrogens (tertiary/aromatic N) is 2. The molecule has 1 N–H and O–H groups in total. The van der Waals surface area contributed by atoms with Gasteiger partial charge in [0.1, 0.15) is 15.0 Å². The van der Waals surface area contributed by atoms with Crippen LogP contribution >= 0.6 is 34.2 Å². The molecule has 1 aliphatic heterocycles. The maximum atomic E-state index is 6.17. The second-order valence-electron chi connectivity index (χ2n) is 4.46. The molecule has 1 aliphatic rings. The van der Waals surface area contributed by atoms with Crippen molar-refractivity contribution >= 4 is 39.9 Å². The molecule has 0 bridgehead atoms. The number of pyridine rings is 1. The molecule has 0 saturated carbocycles. The number of rotatable bonds is 3. The van der Waals surface area contributed by atoms with Crippen molar-refractivity contribution in [1.82, 2.24) is 10.4 Å². The second-order valence-corrected chi connectivity index (χ2v) is 6.06. The van der Waals surface area contributed by atoms with Crippen molar-refractivity contribution in [1.29, 1.82) is 0 Å². The molecule has 20 heavy (non-hydrogen) atoms. The zero-order chi connectivity index (χ0) is 14.1. The summed E-state index contributed by atoms with van der Waals surface area (Å²) in [4.78, 5) is 4.14. The third-order valence-corrected chi connectivity index (χ3v) is 4.43. The van der Waals surface area contributed by atoms with Crippen LogP contribution in [0.3, 0.4) is 0 Å². The Hall–Kier alpha value is -1.05. The van der Waals surface area contributed by atoms with E-state index in [2.05, 4.69) is 50.1 Å². The lowest BCUT2D eigenvalue weighted by Gasteiger charge is -2.19. The number of benzene rings is 1. The standard InChI is InChI=1S/C14H13ClIN3O/c1-20-10-4-2-9(3-5-10)8-19-11-6-7-17-13(15)12(11)14(16)18-19/h2-7,14,18H,8H2,1H3. The molecule has 0 spiro atoms. The summed E-state index contributed by atoms with van der Waals surface area (Å²) in [5.74, 6) is 0.863. The Morgan fingerprint density at radius 1 is 1.35 bits per heavy atom. The van der Waals surface area contributed by atoms with Crippen LogP contribution in [0.25, 0.3) is 0 Å². The third-order valence-electron chi connectivity index (χ3n) is 3.23. The highest BCUT2D eigenvalue weighted by Crippen LogP contribution is 2.40. The predicted octanol–water partition coefficient (Wildman–Crippen LogP) is 3.70. The molecule has 0 amide bonds. The van der Waals surface area contributed by atoms with E-state index in [1.807, 2.05) is 18.2 Å². The number of ether oxygens (including phenoxy) is 1. The molecule has 104 valence electrons. The predicted molar refractivity (Wildman–Crippen MR) is 88.3 cm³/mol. The van der Waals surface area contributed by atoms with Gasteiger partial charge in [0, 0.05) is 11.8 Å². The monoisotopic (exact) mass is 401 g/mol. The van der Waals surface area contributed by atoms with Crippen molar-refractivity contribution in [2.24, 2.45) is 0 Å². The molecule has 0 aliphatic carbocycles. The Balaban J connectivity index is 1.84. The lowest BCUT2D eigenvalue weighted by molar-refractivity contribution is 0.414. The molecule has 1 atom stereocenters. The van der Waals surface area contributed by atoms with Crippen LogP contribution in [0, 0.1) is 0 Å². The van der Waals surface area contributed by atoms with Gasteiger partial charge in [-0.25, -0.2) is 10.4 Å². The molecule has 1 unspecified atom stereocenters. The van der Waals surface area contributed by atoms with Crippen LogP contribution in [0.1, 0.15) is 15.2 Å². The van der Waals surface area contributed by atoms with Gasteiger partial charge in [-0.15, -0.1) is 0 Å². The number of fused-ring (bicyclic) bond motifs is 1. The molecule has 6 heteroatoms. The van der Waals surface area contributed by atoms with Crippen LogP contribution in [0.5, 0.6) is 5.75 Å². The Morgan fingerprint density at radius 3 is 2.80 bits per heavy atom. The smallest absolute Gasteiger partial charge is 0.136 e. The van der Waals surface area contributed by atoms with Gasteiger partial charge in [-0.05, 0) is 23.8 Å². The van der Waals surface area contributed by atoms with Gasteiger partial charge in [-0.2, -0.15) is 0 Å². The minimum atomic E-state index is 0.141. The lowest BCUT2D eigenvalue weighted by Crippen LogP contribution is -2.32. The van der Waals surface area contributed by atoms with E-state index in [0.29, 0.717) is 5.15 Å². The number of alkyl halides is 1. The molecule has 0 fully saturated rings. The molecule has 1 aromatic heterocycles. The molecule has 2 aromatic rings. The number of hydrogen-bond acceptors (Lipinski definition) is 4. The van der Waals surface area contributed by atoms with E-state index in [1.165, 1.54) is 5.56 Å². The number of methoxy groups -OCH3 is 1. The van der Waals surface area contributed by atoms with Gasteiger partial charge in [0.05, 0.1) is 19.3 Å². The van der Waals surface area contributed by atoms with Gasteiger partial charge in [0.25, 0.3) is 0 Å². The van der Waals surface area contributed by atoms with Crippen LogP contribution in [0.4, 0.5) is 5.69 Å². The first-order valence-electron chi connectivity index (χ1n) is 6.14. The summed E-state index contributed by atoms with van der Waals surface area (Å²) in [6.45, 7) is 0.761. The summed E-state index contributed by atoms with van der Waals surface area (Å²) in [6.07, 6.45) is 1.73. The Kier molecular flexibility index (Phi) is 4.00.